The molecule has 0 radical (unpaired) electrons. The van der Waals surface area contributed by atoms with Crippen LogP contribution in [0, 0.1) is 0 Å². The van der Waals surface area contributed by atoms with Crippen molar-refractivity contribution in [2.45, 2.75) is 32.2 Å². The second kappa shape index (κ2) is 10.0. The molecular formula is C23H29N3O2. The first-order chi connectivity index (χ1) is 13.7. The van der Waals surface area contributed by atoms with E-state index in [1.807, 2.05) is 35.2 Å². The van der Waals surface area contributed by atoms with Crippen molar-refractivity contribution < 1.29 is 9.59 Å². The molecule has 1 aliphatic heterocycles. The highest BCUT2D eigenvalue weighted by Gasteiger charge is 2.27. The van der Waals surface area contributed by atoms with Gasteiger partial charge in [-0.05, 0) is 23.1 Å². The zero-order chi connectivity index (χ0) is 19.8. The van der Waals surface area contributed by atoms with Gasteiger partial charge in [-0.2, -0.15) is 0 Å². The summed E-state index contributed by atoms with van der Waals surface area (Å²) < 4.78 is 0. The first-order valence-electron chi connectivity index (χ1n) is 10.1. The van der Waals surface area contributed by atoms with Crippen molar-refractivity contribution in [2.24, 2.45) is 0 Å². The largest absolute Gasteiger partial charge is 0.355 e. The van der Waals surface area contributed by atoms with E-state index in [4.69, 9.17) is 0 Å². The lowest BCUT2D eigenvalue weighted by molar-refractivity contribution is -0.134. The molecular weight excluding hydrogens is 350 g/mol. The minimum Gasteiger partial charge on any atom is -0.355 e. The van der Waals surface area contributed by atoms with Crippen molar-refractivity contribution in [3.63, 3.8) is 0 Å². The number of nitrogens with zero attached hydrogens (tertiary/aromatic N) is 1. The Morgan fingerprint density at radius 3 is 2.54 bits per heavy atom. The number of rotatable bonds is 7. The fourth-order valence-corrected chi connectivity index (χ4v) is 3.57. The van der Waals surface area contributed by atoms with Gasteiger partial charge in [0.25, 0.3) is 0 Å². The second-order valence-corrected chi connectivity index (χ2v) is 7.16. The van der Waals surface area contributed by atoms with E-state index in [0.717, 1.165) is 30.6 Å². The number of piperazine rings is 1. The number of amides is 2. The lowest BCUT2D eigenvalue weighted by Crippen LogP contribution is -2.49. The SMILES string of the molecule is CCc1ccc(C2CNCCN2C(=O)CCNC(=O)Cc2ccccc2)cc1. The van der Waals surface area contributed by atoms with Crippen molar-refractivity contribution >= 4 is 11.8 Å². The number of benzene rings is 2. The van der Waals surface area contributed by atoms with Gasteiger partial charge in [-0.15, -0.1) is 0 Å². The Morgan fingerprint density at radius 1 is 1.07 bits per heavy atom. The smallest absolute Gasteiger partial charge is 0.224 e. The molecule has 1 aliphatic rings. The monoisotopic (exact) mass is 379 g/mol. The third kappa shape index (κ3) is 5.42. The van der Waals surface area contributed by atoms with Gasteiger partial charge in [0.15, 0.2) is 0 Å². The number of hydrogen-bond acceptors (Lipinski definition) is 3. The molecule has 28 heavy (non-hydrogen) atoms. The molecule has 5 nitrogen and oxygen atoms in total. The van der Waals surface area contributed by atoms with Crippen LogP contribution >= 0.6 is 0 Å². The van der Waals surface area contributed by atoms with Crippen LogP contribution in [0.25, 0.3) is 0 Å². The predicted octanol–water partition coefficient (Wildman–Crippen LogP) is 2.47. The highest BCUT2D eigenvalue weighted by molar-refractivity contribution is 5.80. The van der Waals surface area contributed by atoms with Gasteiger partial charge in [0, 0.05) is 32.6 Å². The van der Waals surface area contributed by atoms with Crippen LogP contribution in [0.4, 0.5) is 0 Å². The zero-order valence-corrected chi connectivity index (χ0v) is 16.5. The van der Waals surface area contributed by atoms with E-state index in [9.17, 15) is 9.59 Å². The molecule has 1 atom stereocenters. The molecule has 0 spiro atoms. The Balaban J connectivity index is 1.52. The Kier molecular flexibility index (Phi) is 7.20. The second-order valence-electron chi connectivity index (χ2n) is 7.16. The lowest BCUT2D eigenvalue weighted by atomic mass is 10.0. The summed E-state index contributed by atoms with van der Waals surface area (Å²) in [6, 6.07) is 18.2. The number of aryl methyl sites for hydroxylation is 1. The molecule has 2 aromatic rings. The van der Waals surface area contributed by atoms with Gasteiger partial charge in [0.1, 0.15) is 0 Å². The Morgan fingerprint density at radius 2 is 1.82 bits per heavy atom. The van der Waals surface area contributed by atoms with E-state index < -0.39 is 0 Å². The van der Waals surface area contributed by atoms with Gasteiger partial charge >= 0.3 is 0 Å². The molecule has 1 heterocycles. The molecule has 1 fully saturated rings. The summed E-state index contributed by atoms with van der Waals surface area (Å²) in [5.74, 6) is 0.0390. The maximum atomic E-state index is 12.8. The summed E-state index contributed by atoms with van der Waals surface area (Å²) in [6.07, 6.45) is 1.67. The molecule has 3 rings (SSSR count). The van der Waals surface area contributed by atoms with Crippen LogP contribution in [0.5, 0.6) is 0 Å². The average Bonchev–Trinajstić information content (AvgIpc) is 2.74. The molecule has 0 aliphatic carbocycles. The molecule has 148 valence electrons. The Hall–Kier alpha value is -2.66. The van der Waals surface area contributed by atoms with Crippen molar-refractivity contribution in [1.29, 1.82) is 0 Å². The zero-order valence-electron chi connectivity index (χ0n) is 16.5. The van der Waals surface area contributed by atoms with E-state index >= 15 is 0 Å². The van der Waals surface area contributed by atoms with Gasteiger partial charge in [-0.25, -0.2) is 0 Å². The maximum absolute atomic E-state index is 12.8. The van der Waals surface area contributed by atoms with Gasteiger partial charge < -0.3 is 15.5 Å². The summed E-state index contributed by atoms with van der Waals surface area (Å²) in [5, 5.41) is 6.25. The van der Waals surface area contributed by atoms with Crippen LogP contribution in [0.15, 0.2) is 54.6 Å². The van der Waals surface area contributed by atoms with Gasteiger partial charge in [0.2, 0.25) is 11.8 Å². The van der Waals surface area contributed by atoms with E-state index in [0.29, 0.717) is 25.9 Å². The maximum Gasteiger partial charge on any atom is 0.224 e. The first kappa shape index (κ1) is 20.1. The number of carbonyl (C=O) groups excluding carboxylic acids is 2. The minimum absolute atomic E-state index is 0.0483. The summed E-state index contributed by atoms with van der Waals surface area (Å²) in [4.78, 5) is 26.8. The molecule has 1 unspecified atom stereocenters. The molecule has 1 saturated heterocycles. The van der Waals surface area contributed by atoms with Crippen LogP contribution in [0.1, 0.15) is 36.1 Å². The number of carbonyl (C=O) groups is 2. The molecule has 0 bridgehead atoms. The van der Waals surface area contributed by atoms with Crippen molar-refractivity contribution in [3.8, 4) is 0 Å². The normalized spacial score (nSPS) is 16.6. The fourth-order valence-electron chi connectivity index (χ4n) is 3.57. The minimum atomic E-state index is -0.0500. The molecule has 2 aromatic carbocycles. The molecule has 5 heteroatoms. The quantitative estimate of drug-likeness (QED) is 0.777. The molecule has 0 saturated carbocycles. The van der Waals surface area contributed by atoms with E-state index in [1.54, 1.807) is 0 Å². The summed E-state index contributed by atoms with van der Waals surface area (Å²) in [6.45, 7) is 4.76. The van der Waals surface area contributed by atoms with Gasteiger partial charge in [-0.1, -0.05) is 61.5 Å². The summed E-state index contributed by atoms with van der Waals surface area (Å²) in [5.41, 5.74) is 3.43. The van der Waals surface area contributed by atoms with Gasteiger partial charge in [-0.3, -0.25) is 9.59 Å². The molecule has 2 N–H and O–H groups in total. The third-order valence-corrected chi connectivity index (χ3v) is 5.21. The number of nitrogens with one attached hydrogen (secondary N) is 2. The van der Waals surface area contributed by atoms with Crippen molar-refractivity contribution in [2.75, 3.05) is 26.2 Å². The number of hydrogen-bond donors (Lipinski definition) is 2. The van der Waals surface area contributed by atoms with Crippen molar-refractivity contribution in [1.82, 2.24) is 15.5 Å². The fraction of sp³-hybridized carbons (Fsp3) is 0.391. The van der Waals surface area contributed by atoms with Crippen LogP contribution < -0.4 is 10.6 Å². The van der Waals surface area contributed by atoms with Crippen LogP contribution in [0.3, 0.4) is 0 Å². The highest BCUT2D eigenvalue weighted by Crippen LogP contribution is 2.23. The van der Waals surface area contributed by atoms with Crippen LogP contribution in [-0.2, 0) is 22.4 Å². The summed E-state index contributed by atoms with van der Waals surface area (Å²) in [7, 11) is 0. The molecule has 2 amide bonds. The van der Waals surface area contributed by atoms with Crippen LogP contribution in [-0.4, -0.2) is 42.9 Å². The average molecular weight is 380 g/mol. The third-order valence-electron chi connectivity index (χ3n) is 5.21. The van der Waals surface area contributed by atoms with E-state index in [-0.39, 0.29) is 17.9 Å². The Bertz CT molecular complexity index is 774. The standard InChI is InChI=1S/C23H29N3O2/c1-2-18-8-10-20(11-9-18)21-17-24-14-15-26(21)23(28)12-13-25-22(27)16-19-6-4-3-5-7-19/h3-11,21,24H,2,12-17H2,1H3,(H,25,27). The lowest BCUT2D eigenvalue weighted by Gasteiger charge is -2.36. The summed E-state index contributed by atoms with van der Waals surface area (Å²) >= 11 is 0. The Labute approximate surface area is 167 Å². The van der Waals surface area contributed by atoms with Crippen molar-refractivity contribution in [3.05, 3.63) is 71.3 Å². The first-order valence-corrected chi connectivity index (χ1v) is 10.1. The van der Waals surface area contributed by atoms with E-state index in [2.05, 4.69) is 41.8 Å². The molecule has 0 aromatic heterocycles. The van der Waals surface area contributed by atoms with E-state index in [1.165, 1.54) is 5.56 Å². The van der Waals surface area contributed by atoms with Gasteiger partial charge in [0.05, 0.1) is 12.5 Å². The van der Waals surface area contributed by atoms with Crippen LogP contribution in [0.2, 0.25) is 0 Å². The topological polar surface area (TPSA) is 61.4 Å². The predicted molar refractivity (Wildman–Crippen MR) is 111 cm³/mol. The highest BCUT2D eigenvalue weighted by atomic mass is 16.2.